The van der Waals surface area contributed by atoms with Crippen LogP contribution in [0.5, 0.6) is 0 Å². The highest BCUT2D eigenvalue weighted by Gasteiger charge is 2.64. The second-order valence-electron chi connectivity index (χ2n) is 7.94. The summed E-state index contributed by atoms with van der Waals surface area (Å²) >= 11 is 0. The highest BCUT2D eigenvalue weighted by Crippen LogP contribution is 2.67. The van der Waals surface area contributed by atoms with Crippen molar-refractivity contribution in [2.75, 3.05) is 20.2 Å². The van der Waals surface area contributed by atoms with Gasteiger partial charge < -0.3 is 9.64 Å². The van der Waals surface area contributed by atoms with Crippen LogP contribution in [0.3, 0.4) is 0 Å². The van der Waals surface area contributed by atoms with Crippen LogP contribution >= 0.6 is 0 Å². The van der Waals surface area contributed by atoms with Crippen molar-refractivity contribution < 1.29 is 9.53 Å². The Morgan fingerprint density at radius 1 is 1.39 bits per heavy atom. The predicted molar refractivity (Wildman–Crippen MR) is 87.3 cm³/mol. The van der Waals surface area contributed by atoms with Gasteiger partial charge in [0.05, 0.1) is 11.3 Å². The van der Waals surface area contributed by atoms with E-state index in [0.717, 1.165) is 25.8 Å². The first kappa shape index (κ1) is 15.2. The van der Waals surface area contributed by atoms with Gasteiger partial charge in [0.2, 0.25) is 5.91 Å². The van der Waals surface area contributed by atoms with Gasteiger partial charge in [-0.2, -0.15) is 5.10 Å². The Morgan fingerprint density at radius 3 is 2.65 bits per heavy atom. The standard InChI is InChI=1S/C18H27N3O2/c1-5-12-6-15(21(19-12)11(2)3)17-13-7-18(8-14(13)17)10-20(4)16(22)9-23-18/h6,11,13-14,17H,5,7-10H2,1-4H3. The number of carbonyl (C=O) groups is 1. The van der Waals surface area contributed by atoms with Gasteiger partial charge in [0.15, 0.2) is 0 Å². The summed E-state index contributed by atoms with van der Waals surface area (Å²) in [6.45, 7) is 7.60. The van der Waals surface area contributed by atoms with Crippen molar-refractivity contribution in [2.45, 2.75) is 57.6 Å². The van der Waals surface area contributed by atoms with Crippen LogP contribution in [0.1, 0.15) is 57.0 Å². The van der Waals surface area contributed by atoms with E-state index in [-0.39, 0.29) is 18.1 Å². The summed E-state index contributed by atoms with van der Waals surface area (Å²) < 4.78 is 8.21. The molecule has 0 N–H and O–H groups in total. The number of aromatic nitrogens is 2. The topological polar surface area (TPSA) is 47.4 Å². The fourth-order valence-electron chi connectivity index (χ4n) is 4.82. The van der Waals surface area contributed by atoms with Gasteiger partial charge in [-0.1, -0.05) is 6.92 Å². The summed E-state index contributed by atoms with van der Waals surface area (Å²) in [7, 11) is 1.90. The van der Waals surface area contributed by atoms with Crippen LogP contribution in [0, 0.1) is 11.8 Å². The maximum Gasteiger partial charge on any atom is 0.248 e. The van der Waals surface area contributed by atoms with E-state index in [2.05, 4.69) is 31.5 Å². The van der Waals surface area contributed by atoms with Gasteiger partial charge in [-0.15, -0.1) is 0 Å². The SMILES string of the molecule is CCc1cc(C2C3CC4(CC32)CN(C)C(=O)CO4)n(C(C)C)n1. The molecule has 0 aromatic carbocycles. The number of hydrogen-bond acceptors (Lipinski definition) is 3. The summed E-state index contributed by atoms with van der Waals surface area (Å²) in [5, 5.41) is 4.78. The molecule has 126 valence electrons. The Hall–Kier alpha value is -1.36. The van der Waals surface area contributed by atoms with E-state index >= 15 is 0 Å². The van der Waals surface area contributed by atoms with E-state index < -0.39 is 0 Å². The lowest BCUT2D eigenvalue weighted by molar-refractivity contribution is -0.162. The molecule has 2 heterocycles. The number of ether oxygens (including phenoxy) is 1. The third-order valence-corrected chi connectivity index (χ3v) is 6.01. The molecule has 3 fully saturated rings. The monoisotopic (exact) mass is 317 g/mol. The molecule has 2 atom stereocenters. The number of amides is 1. The molecule has 2 aliphatic carbocycles. The third kappa shape index (κ3) is 2.32. The lowest BCUT2D eigenvalue weighted by atomic mass is 9.91. The van der Waals surface area contributed by atoms with Crippen LogP contribution in [0.2, 0.25) is 0 Å². The van der Waals surface area contributed by atoms with Crippen molar-refractivity contribution in [3.8, 4) is 0 Å². The second kappa shape index (κ2) is 5.07. The normalized spacial score (nSPS) is 36.1. The number of likely N-dealkylation sites (N-methyl/N-ethyl adjacent to an activating group) is 1. The van der Waals surface area contributed by atoms with E-state index in [1.807, 2.05) is 11.9 Å². The minimum Gasteiger partial charge on any atom is -0.363 e. The van der Waals surface area contributed by atoms with Gasteiger partial charge in [0.25, 0.3) is 0 Å². The lowest BCUT2D eigenvalue weighted by Crippen LogP contribution is -2.52. The van der Waals surface area contributed by atoms with Crippen molar-refractivity contribution in [1.82, 2.24) is 14.7 Å². The number of fused-ring (bicyclic) bond motifs is 1. The number of rotatable bonds is 3. The highest BCUT2D eigenvalue weighted by atomic mass is 16.5. The molecule has 3 aliphatic rings. The summed E-state index contributed by atoms with van der Waals surface area (Å²) in [4.78, 5) is 13.5. The maximum absolute atomic E-state index is 11.7. The number of hydrogen-bond donors (Lipinski definition) is 0. The number of morpholine rings is 1. The van der Waals surface area contributed by atoms with Gasteiger partial charge >= 0.3 is 0 Å². The van der Waals surface area contributed by atoms with Crippen LogP contribution in [0.15, 0.2) is 6.07 Å². The fourth-order valence-corrected chi connectivity index (χ4v) is 4.82. The van der Waals surface area contributed by atoms with E-state index in [4.69, 9.17) is 9.84 Å². The molecule has 4 rings (SSSR count). The zero-order valence-electron chi connectivity index (χ0n) is 14.6. The van der Waals surface area contributed by atoms with Crippen LogP contribution in [0.4, 0.5) is 0 Å². The van der Waals surface area contributed by atoms with Crippen molar-refractivity contribution in [2.24, 2.45) is 11.8 Å². The van der Waals surface area contributed by atoms with Gasteiger partial charge in [-0.05, 0) is 51.0 Å². The minimum absolute atomic E-state index is 0.0786. The molecule has 2 unspecified atom stereocenters. The molecule has 5 heteroatoms. The predicted octanol–water partition coefficient (Wildman–Crippen LogP) is 2.38. The molecule has 1 saturated heterocycles. The molecular formula is C18H27N3O2. The minimum atomic E-state index is -0.0786. The largest absolute Gasteiger partial charge is 0.363 e. The first-order valence-electron chi connectivity index (χ1n) is 8.90. The molecule has 0 radical (unpaired) electrons. The fraction of sp³-hybridized carbons (Fsp3) is 0.778. The molecule has 1 spiro atoms. The van der Waals surface area contributed by atoms with Crippen molar-refractivity contribution in [1.29, 1.82) is 0 Å². The summed E-state index contributed by atoms with van der Waals surface area (Å²) in [5.41, 5.74) is 2.54. The molecule has 5 nitrogen and oxygen atoms in total. The summed E-state index contributed by atoms with van der Waals surface area (Å²) in [6.07, 6.45) is 3.17. The third-order valence-electron chi connectivity index (χ3n) is 6.01. The zero-order chi connectivity index (χ0) is 16.4. The molecule has 1 aromatic rings. The first-order valence-corrected chi connectivity index (χ1v) is 8.90. The van der Waals surface area contributed by atoms with E-state index in [9.17, 15) is 4.79 Å². The Bertz CT molecular complexity index is 624. The molecular weight excluding hydrogens is 290 g/mol. The Labute approximate surface area is 138 Å². The van der Waals surface area contributed by atoms with Crippen molar-refractivity contribution in [3.63, 3.8) is 0 Å². The number of nitrogens with zero attached hydrogens (tertiary/aromatic N) is 3. The smallest absolute Gasteiger partial charge is 0.248 e. The van der Waals surface area contributed by atoms with Crippen LogP contribution in [-0.2, 0) is 16.0 Å². The van der Waals surface area contributed by atoms with Crippen LogP contribution < -0.4 is 0 Å². The molecule has 0 bridgehead atoms. The van der Waals surface area contributed by atoms with E-state index in [1.54, 1.807) is 0 Å². The van der Waals surface area contributed by atoms with Gasteiger partial charge in [-0.25, -0.2) is 0 Å². The van der Waals surface area contributed by atoms with Gasteiger partial charge in [0.1, 0.15) is 6.61 Å². The summed E-state index contributed by atoms with van der Waals surface area (Å²) in [5.74, 6) is 2.16. The van der Waals surface area contributed by atoms with Crippen molar-refractivity contribution >= 4 is 5.91 Å². The number of aryl methyl sites for hydroxylation is 1. The maximum atomic E-state index is 11.7. The quantitative estimate of drug-likeness (QED) is 0.860. The molecule has 23 heavy (non-hydrogen) atoms. The first-order chi connectivity index (χ1) is 10.9. The average molecular weight is 317 g/mol. The van der Waals surface area contributed by atoms with Crippen LogP contribution in [-0.4, -0.2) is 46.4 Å². The van der Waals surface area contributed by atoms with Crippen LogP contribution in [0.25, 0.3) is 0 Å². The molecule has 2 saturated carbocycles. The van der Waals surface area contributed by atoms with Gasteiger partial charge in [-0.3, -0.25) is 9.48 Å². The zero-order valence-corrected chi connectivity index (χ0v) is 14.6. The summed E-state index contributed by atoms with van der Waals surface area (Å²) in [6, 6.07) is 2.72. The van der Waals surface area contributed by atoms with E-state index in [0.29, 0.717) is 23.8 Å². The van der Waals surface area contributed by atoms with E-state index in [1.165, 1.54) is 11.4 Å². The molecule has 1 amide bonds. The highest BCUT2D eigenvalue weighted by molar-refractivity contribution is 5.78. The Morgan fingerprint density at radius 2 is 2.09 bits per heavy atom. The van der Waals surface area contributed by atoms with Gasteiger partial charge in [0, 0.05) is 31.2 Å². The van der Waals surface area contributed by atoms with Crippen molar-refractivity contribution in [3.05, 3.63) is 17.5 Å². The molecule has 1 aliphatic heterocycles. The number of carbonyl (C=O) groups excluding carboxylic acids is 1. The molecule has 1 aromatic heterocycles. The second-order valence-corrected chi connectivity index (χ2v) is 7.94. The Kier molecular flexibility index (Phi) is 3.34. The average Bonchev–Trinajstić information content (AvgIpc) is 2.90. The Balaban J connectivity index is 1.51. The lowest BCUT2D eigenvalue weighted by Gasteiger charge is -2.40.